The monoisotopic (exact) mass is 683 g/mol. The molecule has 0 aliphatic carbocycles. The van der Waals surface area contributed by atoms with Crippen molar-refractivity contribution in [3.05, 3.63) is 66.2 Å². The fraction of sp³-hybridized carbons (Fsp3) is 0.516. The summed E-state index contributed by atoms with van der Waals surface area (Å²) in [5.41, 5.74) is -1.47. The summed E-state index contributed by atoms with van der Waals surface area (Å²) in [6, 6.07) is 14.7. The molecule has 2 aromatic rings. The molecule has 1 atom stereocenters. The van der Waals surface area contributed by atoms with Crippen LogP contribution < -0.4 is 10.6 Å². The lowest BCUT2D eigenvalue weighted by molar-refractivity contribution is 0.0377. The SMILES string of the molecule is CC(C)COP(=O)(OCC(C)C)C(=O)NC[C@@H](CN(C(=O)OC(C)(C)C)S(=O)(=O)c1ccccc1)NC(=O)OCc1ccccc1. The van der Waals surface area contributed by atoms with E-state index in [1.165, 1.54) is 24.3 Å². The molecular formula is C31H46N3O10PS. The second-order valence-corrected chi connectivity index (χ2v) is 16.1. The molecule has 0 heterocycles. The molecule has 13 nitrogen and oxygen atoms in total. The first kappa shape index (κ1) is 38.7. The number of hydrogen-bond acceptors (Lipinski definition) is 10. The van der Waals surface area contributed by atoms with Crippen LogP contribution in [0.4, 0.5) is 14.4 Å². The maximum Gasteiger partial charge on any atom is 0.424 e. The van der Waals surface area contributed by atoms with E-state index >= 15 is 0 Å². The number of benzene rings is 2. The topological polar surface area (TPSA) is 167 Å². The zero-order valence-electron chi connectivity index (χ0n) is 27.4. The summed E-state index contributed by atoms with van der Waals surface area (Å²) in [6.07, 6.45) is -2.17. The summed E-state index contributed by atoms with van der Waals surface area (Å²) in [6.45, 7) is 10.6. The van der Waals surface area contributed by atoms with Crippen LogP contribution in [0.5, 0.6) is 0 Å². The number of amides is 3. The summed E-state index contributed by atoms with van der Waals surface area (Å²) in [4.78, 5) is 39.2. The van der Waals surface area contributed by atoms with E-state index in [9.17, 15) is 27.4 Å². The molecule has 2 rings (SSSR count). The van der Waals surface area contributed by atoms with Crippen molar-refractivity contribution < 1.29 is 45.9 Å². The van der Waals surface area contributed by atoms with Crippen LogP contribution in [0, 0.1) is 11.8 Å². The minimum Gasteiger partial charge on any atom is -0.445 e. The van der Waals surface area contributed by atoms with Gasteiger partial charge in [0.15, 0.2) is 0 Å². The Morgan fingerprint density at radius 3 is 1.89 bits per heavy atom. The van der Waals surface area contributed by atoms with Crippen molar-refractivity contribution in [1.29, 1.82) is 0 Å². The van der Waals surface area contributed by atoms with Crippen molar-refractivity contribution in [1.82, 2.24) is 14.9 Å². The van der Waals surface area contributed by atoms with Crippen molar-refractivity contribution in [2.24, 2.45) is 11.8 Å². The Morgan fingerprint density at radius 1 is 0.870 bits per heavy atom. The van der Waals surface area contributed by atoms with Crippen LogP contribution in [-0.2, 0) is 39.7 Å². The third-order valence-electron chi connectivity index (χ3n) is 5.75. The zero-order valence-corrected chi connectivity index (χ0v) is 29.1. The maximum absolute atomic E-state index is 13.7. The second-order valence-electron chi connectivity index (χ2n) is 12.3. The molecule has 3 amide bonds. The molecule has 0 unspecified atom stereocenters. The first-order chi connectivity index (χ1) is 21.4. The number of alkyl carbamates (subject to hydrolysis) is 1. The van der Waals surface area contributed by atoms with Crippen molar-refractivity contribution in [3.63, 3.8) is 0 Å². The van der Waals surface area contributed by atoms with Gasteiger partial charge in [0.05, 0.1) is 30.7 Å². The van der Waals surface area contributed by atoms with Gasteiger partial charge < -0.3 is 29.2 Å². The number of hydrogen-bond donors (Lipinski definition) is 2. The van der Waals surface area contributed by atoms with Crippen LogP contribution in [-0.4, -0.2) is 68.5 Å². The molecule has 0 fully saturated rings. The maximum atomic E-state index is 13.7. The van der Waals surface area contributed by atoms with E-state index in [4.69, 9.17) is 18.5 Å². The van der Waals surface area contributed by atoms with Crippen LogP contribution >= 0.6 is 7.60 Å². The Bertz CT molecular complexity index is 1420. The van der Waals surface area contributed by atoms with Gasteiger partial charge in [0.1, 0.15) is 12.2 Å². The van der Waals surface area contributed by atoms with Crippen LogP contribution in [0.3, 0.4) is 0 Å². The molecule has 15 heteroatoms. The summed E-state index contributed by atoms with van der Waals surface area (Å²) < 4.78 is 62.9. The van der Waals surface area contributed by atoms with Gasteiger partial charge in [-0.05, 0) is 50.3 Å². The molecule has 0 saturated heterocycles. The first-order valence-corrected chi connectivity index (χ1v) is 17.9. The molecular weight excluding hydrogens is 637 g/mol. The summed E-state index contributed by atoms with van der Waals surface area (Å²) in [7, 11) is -8.85. The quantitative estimate of drug-likeness (QED) is 0.196. The highest BCUT2D eigenvalue weighted by atomic mass is 32.2. The first-order valence-electron chi connectivity index (χ1n) is 14.9. The number of nitrogens with one attached hydrogen (secondary N) is 2. The molecule has 0 aliphatic heterocycles. The fourth-order valence-corrected chi connectivity index (χ4v) is 6.50. The molecule has 0 aliphatic rings. The summed E-state index contributed by atoms with van der Waals surface area (Å²) in [5, 5.41) is 4.94. The highest BCUT2D eigenvalue weighted by Gasteiger charge is 2.38. The Hall–Kier alpha value is -3.45. The lowest BCUT2D eigenvalue weighted by Gasteiger charge is -2.30. The lowest BCUT2D eigenvalue weighted by Crippen LogP contribution is -2.53. The molecule has 0 saturated carbocycles. The van der Waals surface area contributed by atoms with Crippen LogP contribution in [0.15, 0.2) is 65.6 Å². The van der Waals surface area contributed by atoms with Gasteiger partial charge in [-0.25, -0.2) is 22.6 Å². The van der Waals surface area contributed by atoms with Crippen molar-refractivity contribution in [2.75, 3.05) is 26.3 Å². The number of rotatable bonds is 16. The summed E-state index contributed by atoms with van der Waals surface area (Å²) in [5.74, 6) is -0.133. The van der Waals surface area contributed by atoms with Crippen LogP contribution in [0.25, 0.3) is 0 Å². The predicted octanol–water partition coefficient (Wildman–Crippen LogP) is 6.16. The van der Waals surface area contributed by atoms with Gasteiger partial charge in [-0.1, -0.05) is 76.2 Å². The molecule has 0 aromatic heterocycles. The van der Waals surface area contributed by atoms with Crippen LogP contribution in [0.2, 0.25) is 0 Å². The van der Waals surface area contributed by atoms with Crippen molar-refractivity contribution >= 4 is 35.5 Å². The molecule has 0 radical (unpaired) electrons. The third-order valence-corrected chi connectivity index (χ3v) is 9.13. The second kappa shape index (κ2) is 17.5. The minimum atomic E-state index is -4.51. The Morgan fingerprint density at radius 2 is 1.39 bits per heavy atom. The van der Waals surface area contributed by atoms with E-state index in [2.05, 4.69) is 10.6 Å². The van der Waals surface area contributed by atoms with E-state index in [1.807, 2.05) is 27.7 Å². The van der Waals surface area contributed by atoms with Crippen LogP contribution in [0.1, 0.15) is 54.0 Å². The molecule has 46 heavy (non-hydrogen) atoms. The fourth-order valence-electron chi connectivity index (χ4n) is 3.55. The van der Waals surface area contributed by atoms with Crippen molar-refractivity contribution in [3.8, 4) is 0 Å². The highest BCUT2D eigenvalue weighted by Crippen LogP contribution is 2.49. The Balaban J connectivity index is 2.40. The molecule has 0 bridgehead atoms. The number of ether oxygens (including phenoxy) is 2. The van der Waals surface area contributed by atoms with Gasteiger partial charge in [0.2, 0.25) is 0 Å². The standard InChI is InChI=1S/C31H46N3O10PS/c1-23(2)20-42-45(38,43-21-24(3)4)29(36)32-18-26(33-28(35)41-22-25-14-10-8-11-15-25)19-34(30(37)44-31(5,6)7)46(39,40)27-16-12-9-13-17-27/h8-17,23-24,26H,18-22H2,1-7H3,(H,32,36)(H,33,35)/t26-/m0/s1. The lowest BCUT2D eigenvalue weighted by atomic mass is 10.2. The predicted molar refractivity (Wildman–Crippen MR) is 173 cm³/mol. The smallest absolute Gasteiger partial charge is 0.424 e. The van der Waals surface area contributed by atoms with E-state index in [1.54, 1.807) is 57.2 Å². The number of nitrogens with zero attached hydrogens (tertiary/aromatic N) is 1. The minimum absolute atomic E-state index is 0.0297. The van der Waals surface area contributed by atoms with E-state index in [0.717, 1.165) is 0 Å². The number of carbonyl (C=O) groups is 3. The average molecular weight is 684 g/mol. The molecule has 256 valence electrons. The third kappa shape index (κ3) is 13.1. The highest BCUT2D eigenvalue weighted by molar-refractivity contribution is 7.89. The zero-order chi connectivity index (χ0) is 34.5. The molecule has 2 aromatic carbocycles. The largest absolute Gasteiger partial charge is 0.445 e. The van der Waals surface area contributed by atoms with Gasteiger partial charge in [-0.2, -0.15) is 4.31 Å². The van der Waals surface area contributed by atoms with Gasteiger partial charge in [0.25, 0.3) is 10.0 Å². The van der Waals surface area contributed by atoms with Crippen molar-refractivity contribution in [2.45, 2.75) is 71.6 Å². The Kier molecular flexibility index (Phi) is 14.7. The molecule has 2 N–H and O–H groups in total. The van der Waals surface area contributed by atoms with Gasteiger partial charge in [-0.15, -0.1) is 0 Å². The van der Waals surface area contributed by atoms with E-state index in [-0.39, 0.29) is 36.6 Å². The summed E-state index contributed by atoms with van der Waals surface area (Å²) >= 11 is 0. The normalized spacial score (nSPS) is 12.8. The average Bonchev–Trinajstić information content (AvgIpc) is 2.99. The Labute approximate surface area is 271 Å². The van der Waals surface area contributed by atoms with Gasteiger partial charge in [0, 0.05) is 6.54 Å². The number of sulfonamides is 1. The van der Waals surface area contributed by atoms with E-state index in [0.29, 0.717) is 9.87 Å². The van der Waals surface area contributed by atoms with Gasteiger partial charge >= 0.3 is 25.4 Å². The number of carbonyl (C=O) groups excluding carboxylic acids is 3. The molecule has 0 spiro atoms. The van der Waals surface area contributed by atoms with E-state index < -0.39 is 60.2 Å². The van der Waals surface area contributed by atoms with Gasteiger partial charge in [-0.3, -0.25) is 4.79 Å².